The van der Waals surface area contributed by atoms with Crippen molar-refractivity contribution in [3.05, 3.63) is 88.3 Å². The summed E-state index contributed by atoms with van der Waals surface area (Å²) in [5.74, 6) is -0.490. The zero-order chi connectivity index (χ0) is 22.9. The van der Waals surface area contributed by atoms with Crippen molar-refractivity contribution in [3.63, 3.8) is 0 Å². The average Bonchev–Trinajstić information content (AvgIpc) is 2.75. The molecule has 1 heterocycles. The molecule has 2 N–H and O–H groups in total. The monoisotopic (exact) mass is 489 g/mol. The van der Waals surface area contributed by atoms with Gasteiger partial charge in [-0.3, -0.25) is 4.98 Å². The van der Waals surface area contributed by atoms with Crippen LogP contribution in [-0.4, -0.2) is 19.7 Å². The van der Waals surface area contributed by atoms with E-state index in [1.807, 2.05) is 6.07 Å². The van der Waals surface area contributed by atoms with Gasteiger partial charge in [-0.2, -0.15) is 0 Å². The molecule has 0 aliphatic rings. The lowest BCUT2D eigenvalue weighted by Gasteiger charge is -2.13. The van der Waals surface area contributed by atoms with Crippen LogP contribution >= 0.6 is 23.2 Å². The number of anilines is 3. The van der Waals surface area contributed by atoms with Gasteiger partial charge in [0.25, 0.3) is 0 Å². The Labute approximate surface area is 195 Å². The van der Waals surface area contributed by atoms with Crippen LogP contribution in [0.2, 0.25) is 10.0 Å². The zero-order valence-electron chi connectivity index (χ0n) is 16.9. The van der Waals surface area contributed by atoms with Crippen LogP contribution in [0.3, 0.4) is 0 Å². The van der Waals surface area contributed by atoms with Gasteiger partial charge in [0.15, 0.2) is 9.84 Å². The van der Waals surface area contributed by atoms with Crippen LogP contribution in [0.5, 0.6) is 0 Å². The Kier molecular flexibility index (Phi) is 6.24. The van der Waals surface area contributed by atoms with Gasteiger partial charge >= 0.3 is 0 Å². The summed E-state index contributed by atoms with van der Waals surface area (Å²) in [6.07, 6.45) is 2.81. The Morgan fingerprint density at radius 2 is 1.66 bits per heavy atom. The van der Waals surface area contributed by atoms with Gasteiger partial charge in [-0.05, 0) is 54.1 Å². The highest BCUT2D eigenvalue weighted by Crippen LogP contribution is 2.33. The van der Waals surface area contributed by atoms with Crippen LogP contribution in [0.15, 0.2) is 71.8 Å². The molecule has 0 radical (unpaired) electrons. The number of aromatic nitrogens is 1. The predicted molar refractivity (Wildman–Crippen MR) is 128 cm³/mol. The largest absolute Gasteiger partial charge is 0.381 e. The number of rotatable bonds is 6. The maximum Gasteiger partial charge on any atom is 0.175 e. The lowest BCUT2D eigenvalue weighted by atomic mass is 10.1. The normalized spacial score (nSPS) is 11.5. The predicted octanol–water partition coefficient (Wildman–Crippen LogP) is 6.44. The van der Waals surface area contributed by atoms with E-state index in [0.717, 1.165) is 22.3 Å². The molecule has 0 unspecified atom stereocenters. The summed E-state index contributed by atoms with van der Waals surface area (Å²) in [6, 6.07) is 16.6. The number of hydrogen-bond acceptors (Lipinski definition) is 5. The highest BCUT2D eigenvalue weighted by atomic mass is 35.5. The summed E-state index contributed by atoms with van der Waals surface area (Å²) in [5.41, 5.74) is 3.67. The van der Waals surface area contributed by atoms with Crippen molar-refractivity contribution in [2.45, 2.75) is 11.4 Å². The van der Waals surface area contributed by atoms with Crippen LogP contribution in [0, 0.1) is 5.82 Å². The Hall–Kier alpha value is -2.87. The van der Waals surface area contributed by atoms with Crippen molar-refractivity contribution in [2.75, 3.05) is 16.9 Å². The third-order valence-corrected chi connectivity index (χ3v) is 6.55. The third-order valence-electron chi connectivity index (χ3n) is 4.85. The maximum absolute atomic E-state index is 13.5. The van der Waals surface area contributed by atoms with Gasteiger partial charge in [-0.1, -0.05) is 35.3 Å². The molecule has 0 atom stereocenters. The number of nitrogens with zero attached hydrogens (tertiary/aromatic N) is 1. The van der Waals surface area contributed by atoms with Crippen LogP contribution in [0.1, 0.15) is 5.56 Å². The second-order valence-electron chi connectivity index (χ2n) is 7.24. The number of nitrogens with one attached hydrogen (secondary N) is 2. The van der Waals surface area contributed by atoms with Gasteiger partial charge in [0.1, 0.15) is 5.82 Å². The SMILES string of the molecule is CS(=O)(=O)c1ccc(CNc2cc(Cl)c3nccc(Nc4ccc(F)c(Cl)c4)c3c2)cc1. The molecule has 5 nitrogen and oxygen atoms in total. The van der Waals surface area contributed by atoms with Crippen molar-refractivity contribution in [2.24, 2.45) is 0 Å². The molecule has 4 aromatic rings. The average molecular weight is 490 g/mol. The molecule has 0 spiro atoms. The number of fused-ring (bicyclic) bond motifs is 1. The Morgan fingerprint density at radius 1 is 0.938 bits per heavy atom. The molecule has 0 aliphatic carbocycles. The van der Waals surface area contributed by atoms with Crippen LogP contribution in [-0.2, 0) is 16.4 Å². The second kappa shape index (κ2) is 8.94. The molecule has 32 heavy (non-hydrogen) atoms. The van der Waals surface area contributed by atoms with E-state index >= 15 is 0 Å². The molecule has 164 valence electrons. The Bertz CT molecular complexity index is 1410. The number of hydrogen-bond donors (Lipinski definition) is 2. The molecule has 0 saturated heterocycles. The van der Waals surface area contributed by atoms with E-state index < -0.39 is 15.7 Å². The van der Waals surface area contributed by atoms with Gasteiger partial charge in [0.2, 0.25) is 0 Å². The first-order valence-corrected chi connectivity index (χ1v) is 12.2. The molecule has 9 heteroatoms. The number of pyridine rings is 1. The van der Waals surface area contributed by atoms with Crippen LogP contribution in [0.25, 0.3) is 10.9 Å². The van der Waals surface area contributed by atoms with Crippen molar-refractivity contribution >= 4 is 61.0 Å². The summed E-state index contributed by atoms with van der Waals surface area (Å²) in [4.78, 5) is 4.64. The summed E-state index contributed by atoms with van der Waals surface area (Å²) in [6.45, 7) is 0.475. The number of benzene rings is 3. The van der Waals surface area contributed by atoms with E-state index in [9.17, 15) is 12.8 Å². The van der Waals surface area contributed by atoms with Crippen molar-refractivity contribution < 1.29 is 12.8 Å². The minimum Gasteiger partial charge on any atom is -0.381 e. The summed E-state index contributed by atoms with van der Waals surface area (Å²) in [7, 11) is -3.23. The molecular formula is C23H18Cl2FN3O2S. The van der Waals surface area contributed by atoms with Crippen molar-refractivity contribution in [1.29, 1.82) is 0 Å². The highest BCUT2D eigenvalue weighted by molar-refractivity contribution is 7.90. The lowest BCUT2D eigenvalue weighted by Crippen LogP contribution is -2.02. The van der Waals surface area contributed by atoms with Gasteiger partial charge in [-0.15, -0.1) is 0 Å². The lowest BCUT2D eigenvalue weighted by molar-refractivity contribution is 0.602. The van der Waals surface area contributed by atoms with Gasteiger partial charge in [-0.25, -0.2) is 12.8 Å². The Balaban J connectivity index is 1.60. The van der Waals surface area contributed by atoms with Gasteiger partial charge in [0.05, 0.1) is 20.5 Å². The van der Waals surface area contributed by atoms with E-state index in [0.29, 0.717) is 22.8 Å². The van der Waals surface area contributed by atoms with Crippen LogP contribution in [0.4, 0.5) is 21.5 Å². The smallest absolute Gasteiger partial charge is 0.175 e. The Morgan fingerprint density at radius 3 is 2.34 bits per heavy atom. The highest BCUT2D eigenvalue weighted by Gasteiger charge is 2.10. The van der Waals surface area contributed by atoms with E-state index in [4.69, 9.17) is 23.2 Å². The first-order chi connectivity index (χ1) is 15.2. The first-order valence-electron chi connectivity index (χ1n) is 9.54. The third kappa shape index (κ3) is 4.96. The minimum atomic E-state index is -3.23. The molecule has 0 fully saturated rings. The fourth-order valence-corrected chi connectivity index (χ4v) is 4.29. The van der Waals surface area contributed by atoms with Crippen LogP contribution < -0.4 is 10.6 Å². The summed E-state index contributed by atoms with van der Waals surface area (Å²) >= 11 is 12.4. The van der Waals surface area contributed by atoms with Crippen molar-refractivity contribution in [3.8, 4) is 0 Å². The summed E-state index contributed by atoms with van der Waals surface area (Å²) < 4.78 is 36.7. The maximum atomic E-state index is 13.5. The van der Waals surface area contributed by atoms with Crippen molar-refractivity contribution in [1.82, 2.24) is 4.98 Å². The van der Waals surface area contributed by atoms with E-state index in [1.54, 1.807) is 48.7 Å². The minimum absolute atomic E-state index is 0.0237. The van der Waals surface area contributed by atoms with E-state index in [2.05, 4.69) is 15.6 Å². The van der Waals surface area contributed by atoms with Gasteiger partial charge < -0.3 is 10.6 Å². The standard InChI is InChI=1S/C23H18Cl2FN3O2S/c1-32(30,31)17-5-2-14(3-6-17)13-28-16-10-18-22(8-9-27-23(18)20(25)12-16)29-15-4-7-21(26)19(24)11-15/h2-12,28H,13H2,1H3,(H,27,29). The molecule has 4 rings (SSSR count). The fourth-order valence-electron chi connectivity index (χ4n) is 3.21. The quantitative estimate of drug-likeness (QED) is 0.326. The second-order valence-corrected chi connectivity index (χ2v) is 10.1. The molecule has 0 saturated carbocycles. The number of sulfone groups is 1. The number of halogens is 3. The molecule has 1 aromatic heterocycles. The summed E-state index contributed by atoms with van der Waals surface area (Å²) in [5, 5.41) is 7.80. The topological polar surface area (TPSA) is 71.1 Å². The fraction of sp³-hybridized carbons (Fsp3) is 0.0870. The van der Waals surface area contributed by atoms with E-state index in [-0.39, 0.29) is 9.92 Å². The molecule has 3 aromatic carbocycles. The van der Waals surface area contributed by atoms with E-state index in [1.165, 1.54) is 18.4 Å². The molecule has 0 aliphatic heterocycles. The molecular weight excluding hydrogens is 472 g/mol. The molecule has 0 amide bonds. The molecule has 0 bridgehead atoms. The van der Waals surface area contributed by atoms with Gasteiger partial charge in [0, 0.05) is 41.4 Å². The zero-order valence-corrected chi connectivity index (χ0v) is 19.2. The first kappa shape index (κ1) is 22.3.